The monoisotopic (exact) mass is 311 g/mol. The molecule has 3 aromatic rings. The van der Waals surface area contributed by atoms with Crippen molar-refractivity contribution in [3.05, 3.63) is 64.7 Å². The first-order chi connectivity index (χ1) is 11.1. The minimum atomic E-state index is -0.211. The fourth-order valence-electron chi connectivity index (χ4n) is 2.85. The number of benzene rings is 2. The number of aromatic nitrogens is 2. The molecule has 0 amide bonds. The van der Waals surface area contributed by atoms with E-state index in [0.717, 1.165) is 35.4 Å². The quantitative estimate of drug-likeness (QED) is 0.780. The van der Waals surface area contributed by atoms with Crippen molar-refractivity contribution in [2.75, 3.05) is 6.54 Å². The van der Waals surface area contributed by atoms with Gasteiger partial charge in [-0.3, -0.25) is 0 Å². The van der Waals surface area contributed by atoms with Crippen LogP contribution in [0.25, 0.3) is 11.0 Å². The number of imidazole rings is 1. The summed E-state index contributed by atoms with van der Waals surface area (Å²) in [5.74, 6) is 0.793. The molecule has 0 bridgehead atoms. The van der Waals surface area contributed by atoms with Crippen molar-refractivity contribution < 1.29 is 4.39 Å². The molecule has 0 aliphatic rings. The molecule has 4 heteroatoms. The van der Waals surface area contributed by atoms with Gasteiger partial charge in [-0.15, -0.1) is 0 Å². The highest BCUT2D eigenvalue weighted by atomic mass is 19.1. The number of nitrogens with zero attached hydrogens (tertiary/aromatic N) is 2. The molecule has 0 saturated carbocycles. The lowest BCUT2D eigenvalue weighted by atomic mass is 10.1. The summed E-state index contributed by atoms with van der Waals surface area (Å²) in [5, 5.41) is 0. The molecular formula is C19H22FN3. The minimum Gasteiger partial charge on any atom is -0.330 e. The maximum Gasteiger partial charge on any atom is 0.123 e. The van der Waals surface area contributed by atoms with Crippen molar-refractivity contribution in [2.24, 2.45) is 5.73 Å². The second-order valence-electron chi connectivity index (χ2n) is 6.05. The largest absolute Gasteiger partial charge is 0.330 e. The Hall–Kier alpha value is -2.20. The lowest BCUT2D eigenvalue weighted by molar-refractivity contribution is 0.625. The topological polar surface area (TPSA) is 43.8 Å². The minimum absolute atomic E-state index is 0.211. The van der Waals surface area contributed by atoms with Crippen molar-refractivity contribution >= 4 is 11.0 Å². The third-order valence-corrected chi connectivity index (χ3v) is 4.30. The molecule has 23 heavy (non-hydrogen) atoms. The second-order valence-corrected chi connectivity index (χ2v) is 6.05. The highest BCUT2D eigenvalue weighted by Crippen LogP contribution is 2.23. The predicted molar refractivity (Wildman–Crippen MR) is 92.1 cm³/mol. The fraction of sp³-hybridized carbons (Fsp3) is 0.316. The van der Waals surface area contributed by atoms with E-state index in [1.165, 1.54) is 23.3 Å². The van der Waals surface area contributed by atoms with Crippen molar-refractivity contribution in [1.82, 2.24) is 9.55 Å². The van der Waals surface area contributed by atoms with Gasteiger partial charge in [-0.1, -0.05) is 12.1 Å². The van der Waals surface area contributed by atoms with E-state index in [1.807, 2.05) is 12.1 Å². The molecule has 0 radical (unpaired) electrons. The molecule has 0 unspecified atom stereocenters. The van der Waals surface area contributed by atoms with Crippen LogP contribution in [0.1, 0.15) is 28.9 Å². The highest BCUT2D eigenvalue weighted by Gasteiger charge is 2.12. The average Bonchev–Trinajstić information content (AvgIpc) is 2.84. The zero-order chi connectivity index (χ0) is 16.4. The summed E-state index contributed by atoms with van der Waals surface area (Å²) in [7, 11) is 0. The molecule has 0 spiro atoms. The van der Waals surface area contributed by atoms with E-state index in [2.05, 4.69) is 30.5 Å². The standard InChI is InChI=1S/C19H22FN3/c1-13-10-17-18(11-14(13)2)23(9-3-8-21)19(22-17)12-15-4-6-16(20)7-5-15/h4-7,10-11H,3,8-9,12,21H2,1-2H3. The zero-order valence-electron chi connectivity index (χ0n) is 13.6. The van der Waals surface area contributed by atoms with Crippen LogP contribution < -0.4 is 5.73 Å². The van der Waals surface area contributed by atoms with Crippen LogP contribution >= 0.6 is 0 Å². The average molecular weight is 311 g/mol. The molecule has 0 fully saturated rings. The van der Waals surface area contributed by atoms with Crippen LogP contribution in [0.15, 0.2) is 36.4 Å². The Morgan fingerprint density at radius 2 is 1.78 bits per heavy atom. The van der Waals surface area contributed by atoms with Gasteiger partial charge in [-0.05, 0) is 67.8 Å². The predicted octanol–water partition coefficient (Wildman–Crippen LogP) is 3.73. The summed E-state index contributed by atoms with van der Waals surface area (Å²) in [4.78, 5) is 4.81. The summed E-state index contributed by atoms with van der Waals surface area (Å²) in [5.41, 5.74) is 11.4. The van der Waals surface area contributed by atoms with Crippen LogP contribution in [0.3, 0.4) is 0 Å². The Kier molecular flexibility index (Phi) is 4.44. The molecule has 0 aliphatic carbocycles. The van der Waals surface area contributed by atoms with Gasteiger partial charge in [-0.25, -0.2) is 9.37 Å². The second kappa shape index (κ2) is 6.50. The lowest BCUT2D eigenvalue weighted by Gasteiger charge is -2.09. The number of fused-ring (bicyclic) bond motifs is 1. The molecule has 3 rings (SSSR count). The van der Waals surface area contributed by atoms with Crippen molar-refractivity contribution in [2.45, 2.75) is 33.2 Å². The number of rotatable bonds is 5. The highest BCUT2D eigenvalue weighted by molar-refractivity contribution is 5.78. The normalized spacial score (nSPS) is 11.3. The van der Waals surface area contributed by atoms with Crippen LogP contribution in [0.5, 0.6) is 0 Å². The van der Waals surface area contributed by atoms with Gasteiger partial charge in [0.1, 0.15) is 11.6 Å². The third-order valence-electron chi connectivity index (χ3n) is 4.30. The van der Waals surface area contributed by atoms with Crippen LogP contribution in [-0.2, 0) is 13.0 Å². The van der Waals surface area contributed by atoms with E-state index >= 15 is 0 Å². The first-order valence-electron chi connectivity index (χ1n) is 7.99. The van der Waals surface area contributed by atoms with Gasteiger partial charge in [0.25, 0.3) is 0 Å². The Balaban J connectivity index is 2.04. The number of nitrogens with two attached hydrogens (primary N) is 1. The maximum atomic E-state index is 13.1. The van der Waals surface area contributed by atoms with Gasteiger partial charge in [0.05, 0.1) is 11.0 Å². The number of aryl methyl sites for hydroxylation is 3. The van der Waals surface area contributed by atoms with E-state index in [4.69, 9.17) is 10.7 Å². The van der Waals surface area contributed by atoms with E-state index < -0.39 is 0 Å². The van der Waals surface area contributed by atoms with Gasteiger partial charge >= 0.3 is 0 Å². The lowest BCUT2D eigenvalue weighted by Crippen LogP contribution is -2.09. The van der Waals surface area contributed by atoms with Crippen LogP contribution in [0.2, 0.25) is 0 Å². The van der Waals surface area contributed by atoms with Crippen molar-refractivity contribution in [1.29, 1.82) is 0 Å². The smallest absolute Gasteiger partial charge is 0.123 e. The number of hydrogen-bond acceptors (Lipinski definition) is 2. The molecule has 2 N–H and O–H groups in total. The molecule has 0 atom stereocenters. The summed E-state index contributed by atoms with van der Waals surface area (Å²) >= 11 is 0. The summed E-state index contributed by atoms with van der Waals surface area (Å²) in [6.45, 7) is 5.73. The Bertz CT molecular complexity index is 819. The molecule has 1 aromatic heterocycles. The Morgan fingerprint density at radius 1 is 1.09 bits per heavy atom. The van der Waals surface area contributed by atoms with Crippen molar-refractivity contribution in [3.63, 3.8) is 0 Å². The summed E-state index contributed by atoms with van der Waals surface area (Å²) < 4.78 is 15.3. The molecule has 0 aliphatic heterocycles. The molecule has 3 nitrogen and oxygen atoms in total. The van der Waals surface area contributed by atoms with Gasteiger partial charge in [-0.2, -0.15) is 0 Å². The van der Waals surface area contributed by atoms with Gasteiger partial charge in [0.15, 0.2) is 0 Å². The molecular weight excluding hydrogens is 289 g/mol. The SMILES string of the molecule is Cc1cc2nc(Cc3ccc(F)cc3)n(CCCN)c2cc1C. The molecule has 2 aromatic carbocycles. The van der Waals surface area contributed by atoms with E-state index in [9.17, 15) is 4.39 Å². The van der Waals surface area contributed by atoms with E-state index in [0.29, 0.717) is 13.0 Å². The van der Waals surface area contributed by atoms with Crippen LogP contribution in [0.4, 0.5) is 4.39 Å². The number of hydrogen-bond donors (Lipinski definition) is 1. The maximum absolute atomic E-state index is 13.1. The molecule has 120 valence electrons. The first-order valence-corrected chi connectivity index (χ1v) is 7.99. The van der Waals surface area contributed by atoms with Crippen molar-refractivity contribution in [3.8, 4) is 0 Å². The summed E-state index contributed by atoms with van der Waals surface area (Å²) in [6, 6.07) is 11.0. The van der Waals surface area contributed by atoms with Crippen LogP contribution in [-0.4, -0.2) is 16.1 Å². The number of halogens is 1. The Labute approximate surface area is 136 Å². The van der Waals surface area contributed by atoms with Crippen LogP contribution in [0, 0.1) is 19.7 Å². The molecule has 1 heterocycles. The van der Waals surface area contributed by atoms with E-state index in [1.54, 1.807) is 0 Å². The van der Waals surface area contributed by atoms with Gasteiger partial charge in [0.2, 0.25) is 0 Å². The fourth-order valence-corrected chi connectivity index (χ4v) is 2.85. The first kappa shape index (κ1) is 15.7. The Morgan fingerprint density at radius 3 is 2.48 bits per heavy atom. The zero-order valence-corrected chi connectivity index (χ0v) is 13.6. The molecule has 0 saturated heterocycles. The third kappa shape index (κ3) is 3.27. The van der Waals surface area contributed by atoms with Gasteiger partial charge in [0, 0.05) is 13.0 Å². The summed E-state index contributed by atoms with van der Waals surface area (Å²) in [6.07, 6.45) is 1.60. The van der Waals surface area contributed by atoms with Gasteiger partial charge < -0.3 is 10.3 Å². The van der Waals surface area contributed by atoms with E-state index in [-0.39, 0.29) is 5.82 Å².